The van der Waals surface area contributed by atoms with Crippen molar-refractivity contribution in [1.29, 1.82) is 0 Å². The molecule has 2 rings (SSSR count). The van der Waals surface area contributed by atoms with E-state index in [9.17, 15) is 4.79 Å². The number of carbonyl (C=O) groups excluding carboxylic acids is 1. The number of carbonyl (C=O) groups is 1. The monoisotopic (exact) mass is 301 g/mol. The van der Waals surface area contributed by atoms with Crippen LogP contribution < -0.4 is 15.4 Å². The van der Waals surface area contributed by atoms with Crippen LogP contribution in [0.1, 0.15) is 5.56 Å². The van der Waals surface area contributed by atoms with Crippen molar-refractivity contribution in [3.05, 3.63) is 48.2 Å². The van der Waals surface area contributed by atoms with Gasteiger partial charge in [-0.2, -0.15) is 0 Å². The first-order valence-electron chi connectivity index (χ1n) is 6.89. The van der Waals surface area contributed by atoms with E-state index in [-0.39, 0.29) is 0 Å². The average Bonchev–Trinajstić information content (AvgIpc) is 2.57. The molecule has 0 saturated heterocycles. The van der Waals surface area contributed by atoms with Crippen LogP contribution in [-0.4, -0.2) is 31.8 Å². The van der Waals surface area contributed by atoms with E-state index in [1.165, 1.54) is 12.7 Å². The number of amides is 1. The molecule has 1 aromatic heterocycles. The average molecular weight is 301 g/mol. The molecule has 6 nitrogen and oxygen atoms in total. The third kappa shape index (κ3) is 4.66. The Bertz CT molecular complexity index is 597. The van der Waals surface area contributed by atoms with Gasteiger partial charge >= 0.3 is 6.09 Å². The first-order valence-corrected chi connectivity index (χ1v) is 6.89. The molecule has 0 radical (unpaired) electrons. The number of aromatic nitrogens is 1. The smallest absolute Gasteiger partial charge is 0.412 e. The van der Waals surface area contributed by atoms with Crippen molar-refractivity contribution in [2.24, 2.45) is 0 Å². The molecule has 0 bridgehead atoms. The second kappa shape index (κ2) is 7.87. The lowest BCUT2D eigenvalue weighted by Crippen LogP contribution is -2.12. The fourth-order valence-corrected chi connectivity index (χ4v) is 1.87. The Labute approximate surface area is 129 Å². The van der Waals surface area contributed by atoms with Gasteiger partial charge in [0.15, 0.2) is 0 Å². The highest BCUT2D eigenvalue weighted by Gasteiger charge is 2.01. The quantitative estimate of drug-likeness (QED) is 0.858. The van der Waals surface area contributed by atoms with Crippen molar-refractivity contribution in [1.82, 2.24) is 4.98 Å². The Morgan fingerprint density at radius 3 is 2.50 bits per heavy atom. The molecule has 2 aromatic rings. The lowest BCUT2D eigenvalue weighted by Gasteiger charge is -2.08. The number of rotatable bonds is 6. The van der Waals surface area contributed by atoms with Gasteiger partial charge in [0.05, 0.1) is 26.1 Å². The molecule has 1 aromatic carbocycles. The highest BCUT2D eigenvalue weighted by Crippen LogP contribution is 2.13. The molecule has 116 valence electrons. The fourth-order valence-electron chi connectivity index (χ4n) is 1.87. The fraction of sp³-hybridized carbons (Fsp3) is 0.250. The summed E-state index contributed by atoms with van der Waals surface area (Å²) in [7, 11) is 2.96. The minimum Gasteiger partial charge on any atom is -0.497 e. The van der Waals surface area contributed by atoms with Crippen LogP contribution in [0.2, 0.25) is 0 Å². The molecule has 0 saturated carbocycles. The first-order chi connectivity index (χ1) is 10.7. The summed E-state index contributed by atoms with van der Waals surface area (Å²) in [5.41, 5.74) is 2.12. The molecule has 1 amide bonds. The minimum absolute atomic E-state index is 0.451. The summed E-state index contributed by atoms with van der Waals surface area (Å²) in [4.78, 5) is 15.2. The number of pyridine rings is 1. The summed E-state index contributed by atoms with van der Waals surface area (Å²) < 4.78 is 9.63. The van der Waals surface area contributed by atoms with E-state index >= 15 is 0 Å². The van der Waals surface area contributed by atoms with Crippen LogP contribution in [0.25, 0.3) is 0 Å². The molecular formula is C16H19N3O3. The lowest BCUT2D eigenvalue weighted by molar-refractivity contribution is 0.187. The molecule has 0 aliphatic heterocycles. The summed E-state index contributed by atoms with van der Waals surface area (Å²) in [6.07, 6.45) is 2.03. The Hall–Kier alpha value is -2.76. The van der Waals surface area contributed by atoms with E-state index < -0.39 is 6.09 Å². The van der Waals surface area contributed by atoms with Crippen LogP contribution in [0.4, 0.5) is 16.3 Å². The summed E-state index contributed by atoms with van der Waals surface area (Å²) in [5.74, 6) is 1.31. The molecule has 1 heterocycles. The van der Waals surface area contributed by atoms with E-state index in [0.717, 1.165) is 24.4 Å². The van der Waals surface area contributed by atoms with Gasteiger partial charge in [0.25, 0.3) is 0 Å². The highest BCUT2D eigenvalue weighted by atomic mass is 16.5. The Balaban J connectivity index is 1.80. The maximum Gasteiger partial charge on any atom is 0.412 e. The Kier molecular flexibility index (Phi) is 5.59. The molecule has 0 fully saturated rings. The molecule has 2 N–H and O–H groups in total. The van der Waals surface area contributed by atoms with Crippen molar-refractivity contribution in [3.63, 3.8) is 0 Å². The summed E-state index contributed by atoms with van der Waals surface area (Å²) in [6.45, 7) is 0.789. The van der Waals surface area contributed by atoms with Crippen molar-refractivity contribution >= 4 is 17.6 Å². The minimum atomic E-state index is -0.535. The molecule has 0 atom stereocenters. The van der Waals surface area contributed by atoms with Gasteiger partial charge in [0.1, 0.15) is 11.6 Å². The van der Waals surface area contributed by atoms with Crippen molar-refractivity contribution in [3.8, 4) is 5.75 Å². The number of hydrogen-bond acceptors (Lipinski definition) is 5. The summed E-state index contributed by atoms with van der Waals surface area (Å²) in [6, 6.07) is 11.6. The van der Waals surface area contributed by atoms with Crippen LogP contribution in [0, 0.1) is 0 Å². The number of methoxy groups -OCH3 is 2. The number of ether oxygens (including phenoxy) is 2. The molecular weight excluding hydrogens is 282 g/mol. The van der Waals surface area contributed by atoms with Gasteiger partial charge in [-0.15, -0.1) is 0 Å². The van der Waals surface area contributed by atoms with E-state index in [1.807, 2.05) is 30.3 Å². The third-order valence-corrected chi connectivity index (χ3v) is 3.08. The molecule has 0 aliphatic carbocycles. The number of benzene rings is 1. The Morgan fingerprint density at radius 1 is 1.14 bits per heavy atom. The predicted octanol–water partition coefficient (Wildman–Crippen LogP) is 2.92. The standard InChI is InChI=1S/C16H19N3O3/c1-21-14-6-3-12(4-7-14)9-10-17-13-5-8-15(18-11-13)19-16(20)22-2/h3-8,11,17H,9-10H2,1-2H3,(H,18,19,20). The molecule has 0 spiro atoms. The molecule has 0 unspecified atom stereocenters. The molecule has 0 aliphatic rings. The van der Waals surface area contributed by atoms with Crippen molar-refractivity contribution in [2.45, 2.75) is 6.42 Å². The third-order valence-electron chi connectivity index (χ3n) is 3.08. The molecule has 22 heavy (non-hydrogen) atoms. The highest BCUT2D eigenvalue weighted by molar-refractivity contribution is 5.83. The van der Waals surface area contributed by atoms with Crippen LogP contribution in [0.3, 0.4) is 0 Å². The van der Waals surface area contributed by atoms with Crippen LogP contribution in [0.5, 0.6) is 5.75 Å². The predicted molar refractivity (Wildman–Crippen MR) is 85.5 cm³/mol. The van der Waals surface area contributed by atoms with Crippen LogP contribution >= 0.6 is 0 Å². The van der Waals surface area contributed by atoms with Gasteiger partial charge in [0.2, 0.25) is 0 Å². The second-order valence-electron chi connectivity index (χ2n) is 4.57. The van der Waals surface area contributed by atoms with Gasteiger partial charge in [-0.25, -0.2) is 9.78 Å². The van der Waals surface area contributed by atoms with Crippen LogP contribution in [-0.2, 0) is 11.2 Å². The number of hydrogen-bond donors (Lipinski definition) is 2. The maximum atomic E-state index is 11.0. The zero-order valence-corrected chi connectivity index (χ0v) is 12.6. The van der Waals surface area contributed by atoms with Gasteiger partial charge in [-0.05, 0) is 36.2 Å². The van der Waals surface area contributed by atoms with Gasteiger partial charge < -0.3 is 14.8 Å². The summed E-state index contributed by atoms with van der Waals surface area (Å²) in [5, 5.41) is 5.78. The van der Waals surface area contributed by atoms with Gasteiger partial charge in [-0.1, -0.05) is 12.1 Å². The Morgan fingerprint density at radius 2 is 1.91 bits per heavy atom. The first kappa shape index (κ1) is 15.6. The van der Waals surface area contributed by atoms with Crippen molar-refractivity contribution < 1.29 is 14.3 Å². The zero-order chi connectivity index (χ0) is 15.8. The van der Waals surface area contributed by atoms with Crippen LogP contribution in [0.15, 0.2) is 42.6 Å². The summed E-state index contributed by atoms with van der Waals surface area (Å²) >= 11 is 0. The van der Waals surface area contributed by atoms with E-state index in [0.29, 0.717) is 5.82 Å². The number of anilines is 2. The largest absolute Gasteiger partial charge is 0.497 e. The number of nitrogens with one attached hydrogen (secondary N) is 2. The lowest BCUT2D eigenvalue weighted by atomic mass is 10.1. The molecule has 6 heteroatoms. The number of nitrogens with zero attached hydrogens (tertiary/aromatic N) is 1. The zero-order valence-electron chi connectivity index (χ0n) is 12.6. The van der Waals surface area contributed by atoms with Crippen molar-refractivity contribution in [2.75, 3.05) is 31.4 Å². The topological polar surface area (TPSA) is 72.5 Å². The second-order valence-corrected chi connectivity index (χ2v) is 4.57. The van der Waals surface area contributed by atoms with Gasteiger partial charge in [-0.3, -0.25) is 5.32 Å². The van der Waals surface area contributed by atoms with Gasteiger partial charge in [0, 0.05) is 6.54 Å². The normalized spacial score (nSPS) is 9.91. The SMILES string of the molecule is COC(=O)Nc1ccc(NCCc2ccc(OC)cc2)cn1. The maximum absolute atomic E-state index is 11.0. The van der Waals surface area contributed by atoms with E-state index in [4.69, 9.17) is 4.74 Å². The van der Waals surface area contributed by atoms with E-state index in [1.54, 1.807) is 19.4 Å². The van der Waals surface area contributed by atoms with E-state index in [2.05, 4.69) is 20.4 Å².